The van der Waals surface area contributed by atoms with Crippen LogP contribution < -0.4 is 5.32 Å². The van der Waals surface area contributed by atoms with E-state index in [1.807, 2.05) is 24.3 Å². The summed E-state index contributed by atoms with van der Waals surface area (Å²) in [5, 5.41) is 20.0. The fourth-order valence-electron chi connectivity index (χ4n) is 1.71. The highest BCUT2D eigenvalue weighted by Crippen LogP contribution is 2.09. The van der Waals surface area contributed by atoms with Crippen molar-refractivity contribution in [3.63, 3.8) is 0 Å². The molecule has 0 aliphatic heterocycles. The predicted molar refractivity (Wildman–Crippen MR) is 75.0 cm³/mol. The summed E-state index contributed by atoms with van der Waals surface area (Å²) in [6, 6.07) is 7.75. The van der Waals surface area contributed by atoms with Crippen LogP contribution in [-0.2, 0) is 13.0 Å². The van der Waals surface area contributed by atoms with Gasteiger partial charge in [-0.1, -0.05) is 28.9 Å². The number of hydrogen-bond donors (Lipinski definition) is 2. The first-order valence-corrected chi connectivity index (χ1v) is 6.61. The number of rotatable bonds is 7. The van der Waals surface area contributed by atoms with Crippen LogP contribution in [0, 0.1) is 0 Å². The van der Waals surface area contributed by atoms with Gasteiger partial charge in [0.1, 0.15) is 0 Å². The maximum atomic E-state index is 10.6. The largest absolute Gasteiger partial charge is 0.476 e. The summed E-state index contributed by atoms with van der Waals surface area (Å²) in [6.45, 7) is 2.12. The minimum Gasteiger partial charge on any atom is -0.476 e. The Balaban J connectivity index is 1.66. The molecule has 1 heterocycles. The molecule has 2 N–H and O–H groups in total. The summed E-state index contributed by atoms with van der Waals surface area (Å²) in [4.78, 5) is 10.6. The summed E-state index contributed by atoms with van der Waals surface area (Å²) in [5.41, 5.74) is 1.18. The Morgan fingerprint density at radius 3 is 2.70 bits per heavy atom. The molecule has 0 bridgehead atoms. The van der Waals surface area contributed by atoms with Gasteiger partial charge >= 0.3 is 5.97 Å². The number of hydrogen-bond acceptors (Lipinski definition) is 4. The topological polar surface area (TPSA) is 80.0 Å². The lowest BCUT2D eigenvalue weighted by Gasteiger charge is -2.05. The van der Waals surface area contributed by atoms with Gasteiger partial charge in [0.05, 0.1) is 12.7 Å². The average Bonchev–Trinajstić information content (AvgIpc) is 2.89. The molecule has 20 heavy (non-hydrogen) atoms. The van der Waals surface area contributed by atoms with Crippen LogP contribution in [0.4, 0.5) is 0 Å². The lowest BCUT2D eigenvalue weighted by molar-refractivity contribution is 0.0690. The molecule has 0 amide bonds. The number of aromatic carboxylic acids is 1. The van der Waals surface area contributed by atoms with Gasteiger partial charge in [-0.05, 0) is 30.7 Å². The maximum Gasteiger partial charge on any atom is 0.358 e. The number of nitrogens with one attached hydrogen (secondary N) is 1. The van der Waals surface area contributed by atoms with Gasteiger partial charge in [0, 0.05) is 11.6 Å². The van der Waals surface area contributed by atoms with Crippen molar-refractivity contribution in [2.24, 2.45) is 0 Å². The van der Waals surface area contributed by atoms with Gasteiger partial charge in [-0.25, -0.2) is 4.79 Å². The average molecular weight is 295 g/mol. The number of nitrogens with zero attached hydrogens (tertiary/aromatic N) is 3. The van der Waals surface area contributed by atoms with Gasteiger partial charge in [0.25, 0.3) is 0 Å². The third-order valence-corrected chi connectivity index (χ3v) is 3.03. The van der Waals surface area contributed by atoms with Crippen LogP contribution in [0.5, 0.6) is 0 Å². The smallest absolute Gasteiger partial charge is 0.358 e. The molecule has 0 unspecified atom stereocenters. The van der Waals surface area contributed by atoms with E-state index in [1.165, 1.54) is 16.4 Å². The predicted octanol–water partition coefficient (Wildman–Crippen LogP) is 1.46. The highest BCUT2D eigenvalue weighted by Gasteiger charge is 2.07. The van der Waals surface area contributed by atoms with Crippen molar-refractivity contribution in [3.05, 3.63) is 46.7 Å². The molecule has 0 fully saturated rings. The van der Waals surface area contributed by atoms with Crippen molar-refractivity contribution in [1.29, 1.82) is 0 Å². The van der Waals surface area contributed by atoms with Gasteiger partial charge in [-0.15, -0.1) is 5.10 Å². The first kappa shape index (κ1) is 14.5. The number of halogens is 1. The second kappa shape index (κ2) is 7.02. The van der Waals surface area contributed by atoms with E-state index < -0.39 is 5.97 Å². The molecular formula is C13H15ClN4O2. The minimum absolute atomic E-state index is 0.0360. The Morgan fingerprint density at radius 2 is 2.05 bits per heavy atom. The lowest BCUT2D eigenvalue weighted by atomic mass is 10.1. The van der Waals surface area contributed by atoms with E-state index in [4.69, 9.17) is 16.7 Å². The molecular weight excluding hydrogens is 280 g/mol. The Labute approximate surface area is 121 Å². The summed E-state index contributed by atoms with van der Waals surface area (Å²) in [7, 11) is 0. The summed E-state index contributed by atoms with van der Waals surface area (Å²) in [6.07, 6.45) is 2.33. The summed E-state index contributed by atoms with van der Waals surface area (Å²) >= 11 is 5.81. The van der Waals surface area contributed by atoms with Gasteiger partial charge in [-0.3, -0.25) is 4.68 Å². The van der Waals surface area contributed by atoms with Crippen molar-refractivity contribution in [2.45, 2.75) is 13.0 Å². The van der Waals surface area contributed by atoms with E-state index in [-0.39, 0.29) is 5.69 Å². The van der Waals surface area contributed by atoms with Crippen LogP contribution in [0.1, 0.15) is 16.1 Å². The monoisotopic (exact) mass is 294 g/mol. The van der Waals surface area contributed by atoms with E-state index in [1.54, 1.807) is 0 Å². The highest BCUT2D eigenvalue weighted by molar-refractivity contribution is 6.30. The Kier molecular flexibility index (Phi) is 5.09. The SMILES string of the molecule is O=C(O)c1cn(CCNCCc2ccc(Cl)cc2)nn1. The molecule has 0 radical (unpaired) electrons. The molecule has 1 aromatic heterocycles. The normalized spacial score (nSPS) is 10.7. The van der Waals surface area contributed by atoms with Crippen LogP contribution in [0.15, 0.2) is 30.5 Å². The third-order valence-electron chi connectivity index (χ3n) is 2.78. The van der Waals surface area contributed by atoms with Gasteiger partial charge in [0.2, 0.25) is 0 Å². The third kappa shape index (κ3) is 4.32. The van der Waals surface area contributed by atoms with Crippen LogP contribution in [-0.4, -0.2) is 39.2 Å². The lowest BCUT2D eigenvalue weighted by Crippen LogP contribution is -2.22. The Bertz CT molecular complexity index is 568. The van der Waals surface area contributed by atoms with Crippen LogP contribution in [0.3, 0.4) is 0 Å². The van der Waals surface area contributed by atoms with Gasteiger partial charge in [-0.2, -0.15) is 0 Å². The minimum atomic E-state index is -1.06. The Morgan fingerprint density at radius 1 is 1.30 bits per heavy atom. The molecule has 106 valence electrons. The molecule has 0 spiro atoms. The van der Waals surface area contributed by atoms with E-state index in [0.717, 1.165) is 18.0 Å². The molecule has 0 atom stereocenters. The van der Waals surface area contributed by atoms with Gasteiger partial charge < -0.3 is 10.4 Å². The highest BCUT2D eigenvalue weighted by atomic mass is 35.5. The second-order valence-electron chi connectivity index (χ2n) is 4.30. The number of carboxylic acids is 1. The van der Waals surface area contributed by atoms with Gasteiger partial charge in [0.15, 0.2) is 5.69 Å². The first-order chi connectivity index (χ1) is 9.65. The molecule has 2 rings (SSSR count). The molecule has 0 aliphatic rings. The second-order valence-corrected chi connectivity index (χ2v) is 4.73. The molecule has 7 heteroatoms. The number of carboxylic acid groups (broad SMARTS) is 1. The molecule has 0 saturated heterocycles. The molecule has 6 nitrogen and oxygen atoms in total. The zero-order valence-electron chi connectivity index (χ0n) is 10.8. The van der Waals surface area contributed by atoms with E-state index in [2.05, 4.69) is 15.6 Å². The fraction of sp³-hybridized carbons (Fsp3) is 0.308. The molecule has 2 aromatic rings. The maximum absolute atomic E-state index is 10.6. The number of carbonyl (C=O) groups is 1. The van der Waals surface area contributed by atoms with Crippen LogP contribution in [0.25, 0.3) is 0 Å². The fourth-order valence-corrected chi connectivity index (χ4v) is 1.83. The van der Waals surface area contributed by atoms with E-state index >= 15 is 0 Å². The Hall–Kier alpha value is -1.92. The molecule has 0 saturated carbocycles. The van der Waals surface area contributed by atoms with E-state index in [9.17, 15) is 4.79 Å². The van der Waals surface area contributed by atoms with Crippen molar-refractivity contribution >= 4 is 17.6 Å². The zero-order chi connectivity index (χ0) is 14.4. The summed E-state index contributed by atoms with van der Waals surface area (Å²) in [5.74, 6) is -1.06. The quantitative estimate of drug-likeness (QED) is 0.756. The van der Waals surface area contributed by atoms with Crippen molar-refractivity contribution in [2.75, 3.05) is 13.1 Å². The zero-order valence-corrected chi connectivity index (χ0v) is 11.5. The van der Waals surface area contributed by atoms with Crippen molar-refractivity contribution < 1.29 is 9.90 Å². The standard InChI is InChI=1S/C13H15ClN4O2/c14-11-3-1-10(2-4-11)5-6-15-7-8-18-9-12(13(19)20)16-17-18/h1-4,9,15H,5-8H2,(H,19,20). The summed E-state index contributed by atoms with van der Waals surface area (Å²) < 4.78 is 1.51. The van der Waals surface area contributed by atoms with Crippen molar-refractivity contribution in [3.8, 4) is 0 Å². The molecule has 0 aliphatic carbocycles. The number of benzene rings is 1. The first-order valence-electron chi connectivity index (χ1n) is 6.24. The number of aromatic nitrogens is 3. The van der Waals surface area contributed by atoms with Crippen LogP contribution >= 0.6 is 11.6 Å². The molecule has 1 aromatic carbocycles. The van der Waals surface area contributed by atoms with Crippen LogP contribution in [0.2, 0.25) is 5.02 Å². The van der Waals surface area contributed by atoms with Crippen molar-refractivity contribution in [1.82, 2.24) is 20.3 Å². The van der Waals surface area contributed by atoms with E-state index in [0.29, 0.717) is 13.1 Å².